The smallest absolute Gasteiger partial charge is 0.419 e. The molecule has 2 heterocycles. The van der Waals surface area contributed by atoms with Crippen LogP contribution in [-0.2, 0) is 18.9 Å². The molecular formula is C56H66N8O14. The van der Waals surface area contributed by atoms with Crippen LogP contribution in [0.15, 0.2) is 84.9 Å². The van der Waals surface area contributed by atoms with Gasteiger partial charge in [0.2, 0.25) is 0 Å². The number of nitrogens with two attached hydrogens (primary N) is 1. The van der Waals surface area contributed by atoms with Crippen LogP contribution >= 0.6 is 0 Å². The number of non-ortho nitro benzene ring substituents is 2. The lowest BCUT2D eigenvalue weighted by Gasteiger charge is -2.21. The Balaban J connectivity index is 0.000000236. The minimum Gasteiger partial charge on any atom is -0.444 e. The third-order valence-electron chi connectivity index (χ3n) is 11.0. The molecule has 2 saturated carbocycles. The molecule has 0 aliphatic heterocycles. The molecule has 0 atom stereocenters. The monoisotopic (exact) mass is 1070 g/mol. The van der Waals surface area contributed by atoms with Gasteiger partial charge in [-0.3, -0.25) is 40.5 Å². The third-order valence-corrected chi connectivity index (χ3v) is 11.0. The Morgan fingerprint density at radius 2 is 0.936 bits per heavy atom. The fourth-order valence-electron chi connectivity index (χ4n) is 7.56. The lowest BCUT2D eigenvalue weighted by molar-refractivity contribution is -0.384. The second-order valence-electron chi connectivity index (χ2n) is 22.6. The summed E-state index contributed by atoms with van der Waals surface area (Å²) in [6.07, 6.45) is 2.00. The van der Waals surface area contributed by atoms with Crippen molar-refractivity contribution in [1.82, 2.24) is 14.5 Å². The number of fused-ring (bicyclic) bond motifs is 2. The summed E-state index contributed by atoms with van der Waals surface area (Å²) in [6, 6.07) is 21.4. The highest BCUT2D eigenvalue weighted by molar-refractivity contribution is 6.16. The van der Waals surface area contributed by atoms with Crippen molar-refractivity contribution in [3.63, 3.8) is 0 Å². The first kappa shape index (κ1) is 58.6. The number of hydrogen-bond acceptors (Lipinski definition) is 15. The molecule has 0 unspecified atom stereocenters. The molecule has 2 aliphatic rings. The lowest BCUT2D eigenvalue weighted by atomic mass is 10.0. The van der Waals surface area contributed by atoms with Gasteiger partial charge in [0.25, 0.3) is 17.3 Å². The first-order valence-corrected chi connectivity index (χ1v) is 25.1. The highest BCUT2D eigenvalue weighted by atomic mass is 16.6. The molecule has 8 rings (SSSR count). The zero-order chi connectivity index (χ0) is 57.8. The Morgan fingerprint density at radius 3 is 1.29 bits per heavy atom. The number of nitrogens with zero attached hydrogens (tertiary/aromatic N) is 4. The maximum atomic E-state index is 13.5. The number of anilines is 2. The average molecular weight is 1080 g/mol. The van der Waals surface area contributed by atoms with Crippen molar-refractivity contribution in [2.24, 2.45) is 5.73 Å². The molecular weight excluding hydrogens is 1010 g/mol. The Hall–Kier alpha value is -8.66. The van der Waals surface area contributed by atoms with Gasteiger partial charge in [0.15, 0.2) is 6.29 Å². The van der Waals surface area contributed by atoms with Crippen LogP contribution in [0.2, 0.25) is 0 Å². The summed E-state index contributed by atoms with van der Waals surface area (Å²) >= 11 is 0. The van der Waals surface area contributed by atoms with Crippen LogP contribution < -0.4 is 21.7 Å². The molecule has 0 saturated heterocycles. The molecule has 2 aliphatic carbocycles. The van der Waals surface area contributed by atoms with E-state index < -0.39 is 62.5 Å². The summed E-state index contributed by atoms with van der Waals surface area (Å²) in [7, 11) is 0. The number of benzene rings is 4. The zero-order valence-electron chi connectivity index (χ0n) is 45.7. The topological polar surface area (TPSA) is 298 Å². The number of carbonyl (C=O) groups is 6. The van der Waals surface area contributed by atoms with Crippen LogP contribution in [-0.4, -0.2) is 90.0 Å². The first-order valence-electron chi connectivity index (χ1n) is 25.1. The summed E-state index contributed by atoms with van der Waals surface area (Å²) in [5, 5.41) is 31.6. The van der Waals surface area contributed by atoms with E-state index in [2.05, 4.69) is 16.0 Å². The van der Waals surface area contributed by atoms with E-state index in [1.54, 1.807) is 132 Å². The van der Waals surface area contributed by atoms with Crippen molar-refractivity contribution in [3.05, 3.63) is 116 Å². The van der Waals surface area contributed by atoms with Crippen LogP contribution in [0, 0.1) is 20.2 Å². The molecule has 0 bridgehead atoms. The standard InChI is InChI=1S/C28H32N4O7.C25H27N3O7.C3H7N/c1-27(2,3)38-25(34)30-18-9-7-16(8-10-18)23-22(24(33)29-17-11-12-17)20-15-19(32(36)37)13-14-21(20)31(23)26(35)39-28(4,5)6;1-24(2,3)34-22(30)26-16-9-7-15(8-10-16)21-19(14-29)18-13-17(28(32)33)11-12-20(18)27(21)23(31)35-25(4,5)6;4-3-1-2-3/h7-10,13-15,17H,11-12H2,1-6H3,(H,29,33)(H,30,34);7-14H,1-6H3,(H,26,30);3H,1-2,4H2. The van der Waals surface area contributed by atoms with Crippen molar-refractivity contribution in [2.45, 2.75) is 143 Å². The number of hydrogen-bond donors (Lipinski definition) is 4. The summed E-state index contributed by atoms with van der Waals surface area (Å²) in [6.45, 7) is 20.8. The molecule has 22 heteroatoms. The van der Waals surface area contributed by atoms with E-state index in [0.29, 0.717) is 40.3 Å². The van der Waals surface area contributed by atoms with Gasteiger partial charge < -0.3 is 30.0 Å². The molecule has 414 valence electrons. The second-order valence-corrected chi connectivity index (χ2v) is 22.6. The van der Waals surface area contributed by atoms with Crippen molar-refractivity contribution >= 4 is 81.1 Å². The van der Waals surface area contributed by atoms with E-state index in [9.17, 15) is 49.0 Å². The van der Waals surface area contributed by atoms with Gasteiger partial charge in [0.1, 0.15) is 22.4 Å². The Labute approximate surface area is 450 Å². The summed E-state index contributed by atoms with van der Waals surface area (Å²) < 4.78 is 24.2. The predicted molar refractivity (Wildman–Crippen MR) is 294 cm³/mol. The van der Waals surface area contributed by atoms with Crippen LogP contribution in [0.1, 0.15) is 129 Å². The van der Waals surface area contributed by atoms with Crippen LogP contribution in [0.25, 0.3) is 44.3 Å². The molecule has 0 radical (unpaired) electrons. The minimum atomic E-state index is -0.844. The largest absolute Gasteiger partial charge is 0.444 e. The number of nitro benzene ring substituents is 2. The summed E-state index contributed by atoms with van der Waals surface area (Å²) in [4.78, 5) is 98.4. The minimum absolute atomic E-state index is 0.00406. The van der Waals surface area contributed by atoms with E-state index in [-0.39, 0.29) is 56.2 Å². The van der Waals surface area contributed by atoms with Gasteiger partial charge in [-0.15, -0.1) is 0 Å². The molecule has 3 amide bonds. The maximum absolute atomic E-state index is 13.5. The number of carbonyl (C=O) groups excluding carboxylic acids is 6. The van der Waals surface area contributed by atoms with E-state index in [0.717, 1.165) is 12.8 Å². The molecule has 5 N–H and O–H groups in total. The number of ether oxygens (including phenoxy) is 4. The highest BCUT2D eigenvalue weighted by Crippen LogP contribution is 2.39. The van der Waals surface area contributed by atoms with Crippen molar-refractivity contribution < 1.29 is 57.6 Å². The van der Waals surface area contributed by atoms with Crippen LogP contribution in [0.4, 0.5) is 41.9 Å². The summed E-state index contributed by atoms with van der Waals surface area (Å²) in [5.41, 5.74) is 4.83. The SMILES string of the molecule is CC(C)(C)OC(=O)Nc1ccc(-c2c(C(=O)NC3CC3)c3cc([N+](=O)[O-])ccc3n2C(=O)OC(C)(C)C)cc1.CC(C)(C)OC(=O)Nc1ccc(-c2c(C=O)c3cc([N+](=O)[O-])ccc3n2C(=O)OC(C)(C)C)cc1.NC1CC1. The number of nitrogens with one attached hydrogen (secondary N) is 3. The molecule has 0 spiro atoms. The predicted octanol–water partition coefficient (Wildman–Crippen LogP) is 12.5. The normalized spacial score (nSPS) is 13.4. The van der Waals surface area contributed by atoms with E-state index in [1.807, 2.05) is 0 Å². The van der Waals surface area contributed by atoms with Gasteiger partial charge in [-0.1, -0.05) is 24.3 Å². The fourth-order valence-corrected chi connectivity index (χ4v) is 7.56. The third kappa shape index (κ3) is 15.7. The Morgan fingerprint density at radius 1 is 0.564 bits per heavy atom. The summed E-state index contributed by atoms with van der Waals surface area (Å²) in [5.74, 6) is -0.448. The highest BCUT2D eigenvalue weighted by Gasteiger charge is 2.34. The zero-order valence-corrected chi connectivity index (χ0v) is 45.7. The average Bonchev–Trinajstić information content (AvgIpc) is 4.24. The van der Waals surface area contributed by atoms with Gasteiger partial charge in [0, 0.05) is 64.1 Å². The van der Waals surface area contributed by atoms with Gasteiger partial charge in [-0.25, -0.2) is 28.3 Å². The quantitative estimate of drug-likeness (QED) is 0.0453. The number of amides is 3. The van der Waals surface area contributed by atoms with Crippen molar-refractivity contribution in [3.8, 4) is 22.5 Å². The van der Waals surface area contributed by atoms with Gasteiger partial charge in [-0.05, 0) is 156 Å². The van der Waals surface area contributed by atoms with E-state index in [4.69, 9.17) is 24.7 Å². The number of aromatic nitrogens is 2. The Kier molecular flexibility index (Phi) is 17.2. The van der Waals surface area contributed by atoms with Crippen molar-refractivity contribution in [2.75, 3.05) is 10.6 Å². The van der Waals surface area contributed by atoms with E-state index >= 15 is 0 Å². The lowest BCUT2D eigenvalue weighted by Crippen LogP contribution is -2.28. The Bertz CT molecular complexity index is 3290. The molecule has 2 aromatic heterocycles. The van der Waals surface area contributed by atoms with Gasteiger partial charge >= 0.3 is 24.4 Å². The van der Waals surface area contributed by atoms with Crippen LogP contribution in [0.5, 0.6) is 0 Å². The second kappa shape index (κ2) is 22.9. The maximum Gasteiger partial charge on any atom is 0.419 e. The molecule has 78 heavy (non-hydrogen) atoms. The van der Waals surface area contributed by atoms with Crippen LogP contribution in [0.3, 0.4) is 0 Å². The molecule has 6 aromatic rings. The fraction of sp³-hybridized carbons (Fsp3) is 0.393. The molecule has 22 nitrogen and oxygen atoms in total. The molecule has 2 fully saturated rings. The van der Waals surface area contributed by atoms with Crippen molar-refractivity contribution in [1.29, 1.82) is 0 Å². The van der Waals surface area contributed by atoms with E-state index in [1.165, 1.54) is 58.4 Å². The van der Waals surface area contributed by atoms with Gasteiger partial charge in [-0.2, -0.15) is 0 Å². The first-order chi connectivity index (χ1) is 36.2. The molecule has 4 aromatic carbocycles. The van der Waals surface area contributed by atoms with Gasteiger partial charge in [0.05, 0.1) is 37.8 Å². The number of rotatable bonds is 9. The number of nitro groups is 2. The number of aldehydes is 1.